The summed E-state index contributed by atoms with van der Waals surface area (Å²) in [4.78, 5) is 16.8. The van der Waals surface area contributed by atoms with E-state index in [2.05, 4.69) is 10.1 Å². The molecule has 0 bridgehead atoms. The van der Waals surface area contributed by atoms with E-state index in [0.29, 0.717) is 11.2 Å². The molecule has 0 aliphatic heterocycles. The van der Waals surface area contributed by atoms with E-state index in [1.807, 2.05) is 5.32 Å². The molecule has 4 rings (SSSR count). The molecule has 0 saturated carbocycles. The Bertz CT molecular complexity index is 1460. The van der Waals surface area contributed by atoms with Gasteiger partial charge < -0.3 is 20.9 Å². The summed E-state index contributed by atoms with van der Waals surface area (Å²) in [5, 5.41) is 16.2. The van der Waals surface area contributed by atoms with Gasteiger partial charge in [-0.3, -0.25) is 4.79 Å². The van der Waals surface area contributed by atoms with Crippen LogP contribution < -0.4 is 15.8 Å². The molecule has 0 saturated heterocycles. The summed E-state index contributed by atoms with van der Waals surface area (Å²) in [5.41, 5.74) is 5.44. The minimum absolute atomic E-state index is 0.00683. The second-order valence-electron chi connectivity index (χ2n) is 7.71. The molecule has 0 spiro atoms. The lowest BCUT2D eigenvalue weighted by molar-refractivity contribution is -0.106. The van der Waals surface area contributed by atoms with Crippen molar-refractivity contribution in [2.24, 2.45) is 0 Å². The van der Waals surface area contributed by atoms with Crippen LogP contribution in [0.4, 0.5) is 19.1 Å². The summed E-state index contributed by atoms with van der Waals surface area (Å²) >= 11 is 11.6. The topological polar surface area (TPSA) is 115 Å². The van der Waals surface area contributed by atoms with Gasteiger partial charge in [-0.1, -0.05) is 29.3 Å². The highest BCUT2D eigenvalue weighted by atomic mass is 35.5. The third-order valence-electron chi connectivity index (χ3n) is 5.36. The number of fused-ring (bicyclic) bond motifs is 1. The summed E-state index contributed by atoms with van der Waals surface area (Å²) in [5.74, 6) is -6.15. The molecular weight excluding hydrogens is 522 g/mol. The monoisotopic (exact) mass is 539 g/mol. The maximum Gasteiger partial charge on any atom is 0.294 e. The summed E-state index contributed by atoms with van der Waals surface area (Å²) in [6, 6.07) is 9.26. The maximum atomic E-state index is 15.5. The fourth-order valence-corrected chi connectivity index (χ4v) is 3.85. The predicted octanol–water partition coefficient (Wildman–Crippen LogP) is 4.53. The van der Waals surface area contributed by atoms with Gasteiger partial charge in [0.25, 0.3) is 11.8 Å². The molecule has 36 heavy (non-hydrogen) atoms. The number of pyridine rings is 1. The van der Waals surface area contributed by atoms with Crippen LogP contribution in [0, 0.1) is 5.82 Å². The molecule has 0 aliphatic rings. The Morgan fingerprint density at radius 2 is 1.97 bits per heavy atom. The molecule has 188 valence electrons. The highest BCUT2D eigenvalue weighted by Gasteiger charge is 2.40. The minimum atomic E-state index is -3.83. The molecule has 2 aromatic heterocycles. The standard InChI is InChI=1S/C23H18Cl2F3N5O3/c1-36-16-5-3-13(11-6-7-33-17(9-11)31-22(29)32-33)19(26)18(16)21(35)30-10-23(27,28)20(34)12-2-4-14(24)15(25)8-12/h2-9,20,34H,10H2,1H3,(H2,29,32)(H,30,35)/t20-/m0/s1. The number of hydrogen-bond acceptors (Lipinski definition) is 6. The van der Waals surface area contributed by atoms with Gasteiger partial charge in [-0.15, -0.1) is 5.10 Å². The lowest BCUT2D eigenvalue weighted by Gasteiger charge is -2.24. The van der Waals surface area contributed by atoms with Crippen molar-refractivity contribution in [3.05, 3.63) is 75.7 Å². The molecule has 0 fully saturated rings. The first kappa shape index (κ1) is 25.5. The fraction of sp³-hybridized carbons (Fsp3) is 0.174. The predicted molar refractivity (Wildman–Crippen MR) is 128 cm³/mol. The van der Waals surface area contributed by atoms with Crippen LogP contribution in [-0.4, -0.2) is 45.2 Å². The van der Waals surface area contributed by atoms with Crippen LogP contribution in [-0.2, 0) is 0 Å². The Balaban J connectivity index is 1.60. The highest BCUT2D eigenvalue weighted by molar-refractivity contribution is 6.42. The zero-order valence-corrected chi connectivity index (χ0v) is 20.0. The van der Waals surface area contributed by atoms with Crippen LogP contribution >= 0.6 is 23.2 Å². The van der Waals surface area contributed by atoms with Gasteiger partial charge in [0.15, 0.2) is 5.65 Å². The number of methoxy groups -OCH3 is 1. The molecule has 1 amide bonds. The number of carbonyl (C=O) groups excluding carboxylic acids is 1. The van der Waals surface area contributed by atoms with E-state index in [1.165, 1.54) is 54.2 Å². The number of nitrogens with zero attached hydrogens (tertiary/aromatic N) is 3. The Hall–Kier alpha value is -3.54. The van der Waals surface area contributed by atoms with Crippen molar-refractivity contribution in [3.8, 4) is 16.9 Å². The van der Waals surface area contributed by atoms with E-state index in [0.717, 1.165) is 6.07 Å². The molecule has 2 aromatic carbocycles. The molecule has 0 unspecified atom stereocenters. The van der Waals surface area contributed by atoms with Gasteiger partial charge in [0, 0.05) is 11.8 Å². The Labute approximate surface area is 212 Å². The zero-order chi connectivity index (χ0) is 26.2. The lowest BCUT2D eigenvalue weighted by atomic mass is 10.0. The molecule has 4 N–H and O–H groups in total. The Morgan fingerprint density at radius 3 is 2.67 bits per heavy atom. The third-order valence-corrected chi connectivity index (χ3v) is 6.10. The van der Waals surface area contributed by atoms with E-state index >= 15 is 4.39 Å². The number of benzene rings is 2. The smallest absolute Gasteiger partial charge is 0.294 e. The number of nitrogens with two attached hydrogens (primary N) is 1. The number of alkyl halides is 2. The van der Waals surface area contributed by atoms with Gasteiger partial charge >= 0.3 is 0 Å². The summed E-state index contributed by atoms with van der Waals surface area (Å²) in [7, 11) is 1.21. The van der Waals surface area contributed by atoms with Crippen molar-refractivity contribution in [1.82, 2.24) is 19.9 Å². The number of nitrogen functional groups attached to an aromatic ring is 1. The van der Waals surface area contributed by atoms with E-state index in [4.69, 9.17) is 33.7 Å². The number of ether oxygens (including phenoxy) is 1. The Morgan fingerprint density at radius 1 is 1.22 bits per heavy atom. The minimum Gasteiger partial charge on any atom is -0.496 e. The molecule has 0 aliphatic carbocycles. The zero-order valence-electron chi connectivity index (χ0n) is 18.5. The van der Waals surface area contributed by atoms with Crippen molar-refractivity contribution < 1.29 is 27.8 Å². The average molecular weight is 540 g/mol. The van der Waals surface area contributed by atoms with Crippen LogP contribution in [0.2, 0.25) is 10.0 Å². The van der Waals surface area contributed by atoms with Crippen LogP contribution in [0.3, 0.4) is 0 Å². The maximum absolute atomic E-state index is 15.5. The number of carbonyl (C=O) groups is 1. The summed E-state index contributed by atoms with van der Waals surface area (Å²) in [6.45, 7) is -1.30. The highest BCUT2D eigenvalue weighted by Crippen LogP contribution is 2.35. The number of anilines is 1. The van der Waals surface area contributed by atoms with Crippen molar-refractivity contribution in [3.63, 3.8) is 0 Å². The molecule has 4 aromatic rings. The molecular formula is C23H18Cl2F3N5O3. The lowest BCUT2D eigenvalue weighted by Crippen LogP contribution is -2.41. The first-order valence-corrected chi connectivity index (χ1v) is 11.0. The van der Waals surface area contributed by atoms with Crippen molar-refractivity contribution >= 4 is 40.7 Å². The number of aliphatic hydroxyl groups is 1. The van der Waals surface area contributed by atoms with Crippen LogP contribution in [0.1, 0.15) is 22.0 Å². The number of aromatic nitrogens is 3. The van der Waals surface area contributed by atoms with Crippen LogP contribution in [0.25, 0.3) is 16.8 Å². The summed E-state index contributed by atoms with van der Waals surface area (Å²) in [6.07, 6.45) is -0.810. The van der Waals surface area contributed by atoms with Crippen molar-refractivity contribution in [2.45, 2.75) is 12.0 Å². The second-order valence-corrected chi connectivity index (χ2v) is 8.53. The number of amides is 1. The van der Waals surface area contributed by atoms with Gasteiger partial charge in [0.1, 0.15) is 23.2 Å². The number of aliphatic hydroxyl groups excluding tert-OH is 1. The van der Waals surface area contributed by atoms with Gasteiger partial charge in [-0.05, 0) is 47.5 Å². The van der Waals surface area contributed by atoms with Gasteiger partial charge in [-0.2, -0.15) is 4.98 Å². The molecule has 1 atom stereocenters. The number of hydrogen-bond donors (Lipinski definition) is 3. The van der Waals surface area contributed by atoms with Crippen LogP contribution in [0.5, 0.6) is 5.75 Å². The number of nitrogens with one attached hydrogen (secondary N) is 1. The summed E-state index contributed by atoms with van der Waals surface area (Å²) < 4.78 is 51.4. The Kier molecular flexibility index (Phi) is 6.98. The second kappa shape index (κ2) is 9.84. The van der Waals surface area contributed by atoms with Crippen molar-refractivity contribution in [1.29, 1.82) is 0 Å². The average Bonchev–Trinajstić information content (AvgIpc) is 3.22. The first-order chi connectivity index (χ1) is 17.0. The largest absolute Gasteiger partial charge is 0.496 e. The quantitative estimate of drug-likeness (QED) is 0.318. The van der Waals surface area contributed by atoms with Gasteiger partial charge in [0.2, 0.25) is 5.95 Å². The molecule has 13 heteroatoms. The van der Waals surface area contributed by atoms with E-state index < -0.39 is 35.9 Å². The molecule has 0 radical (unpaired) electrons. The normalized spacial score (nSPS) is 12.5. The van der Waals surface area contributed by atoms with E-state index in [9.17, 15) is 18.7 Å². The van der Waals surface area contributed by atoms with Gasteiger partial charge in [0.05, 0.1) is 23.7 Å². The molecule has 2 heterocycles. The van der Waals surface area contributed by atoms with Crippen molar-refractivity contribution in [2.75, 3.05) is 19.4 Å². The van der Waals surface area contributed by atoms with E-state index in [1.54, 1.807) is 0 Å². The first-order valence-electron chi connectivity index (χ1n) is 10.3. The SMILES string of the molecule is COc1ccc(-c2ccn3nc(N)nc3c2)c(F)c1C(=O)NCC(F)(F)[C@@H](O)c1ccc(Cl)c(Cl)c1. The molecule has 8 nitrogen and oxygen atoms in total. The number of rotatable bonds is 7. The fourth-order valence-electron chi connectivity index (χ4n) is 3.54. The van der Waals surface area contributed by atoms with E-state index in [-0.39, 0.29) is 32.9 Å². The third kappa shape index (κ3) is 4.90. The van der Waals surface area contributed by atoms with Gasteiger partial charge in [-0.25, -0.2) is 17.7 Å². The number of halogens is 5. The van der Waals surface area contributed by atoms with Crippen LogP contribution in [0.15, 0.2) is 48.7 Å².